The zero-order valence-corrected chi connectivity index (χ0v) is 16.3. The summed E-state index contributed by atoms with van der Waals surface area (Å²) < 4.78 is 0. The van der Waals surface area contributed by atoms with Crippen molar-refractivity contribution in [3.63, 3.8) is 0 Å². The van der Waals surface area contributed by atoms with Gasteiger partial charge in [0, 0.05) is 12.7 Å². The van der Waals surface area contributed by atoms with E-state index in [9.17, 15) is 9.59 Å². The normalized spacial score (nSPS) is 10.9. The summed E-state index contributed by atoms with van der Waals surface area (Å²) in [4.78, 5) is 41.4. The molecule has 0 aliphatic rings. The second-order valence-corrected chi connectivity index (χ2v) is 6.84. The van der Waals surface area contributed by atoms with Gasteiger partial charge in [-0.05, 0) is 37.6 Å². The topological polar surface area (TPSA) is 107 Å². The molecule has 8 nitrogen and oxygen atoms in total. The molecule has 0 aliphatic carbocycles. The number of nitrogens with zero attached hydrogens (tertiary/aromatic N) is 3. The van der Waals surface area contributed by atoms with Gasteiger partial charge in [-0.2, -0.15) is 0 Å². The van der Waals surface area contributed by atoms with E-state index in [0.29, 0.717) is 11.6 Å². The average molecular weight is 388 g/mol. The number of rotatable bonds is 4. The molecule has 3 N–H and O–H groups in total. The lowest BCUT2D eigenvalue weighted by Gasteiger charge is -2.14. The highest BCUT2D eigenvalue weighted by Crippen LogP contribution is 2.20. The number of hydrogen-bond acceptors (Lipinski definition) is 4. The first kappa shape index (κ1) is 18.4. The number of hydrogen-bond donors (Lipinski definition) is 3. The molecule has 0 aliphatic heterocycles. The highest BCUT2D eigenvalue weighted by Gasteiger charge is 2.25. The standard InChI is InChI=1S/C21H20N6O2/c1-12-8-9-14(13(2)10-12)24-19(28)17-18(23-11-22-17)20(29)27(3)21-25-15-6-4-5-7-16(15)26-21/h4-11H,1-3H3,(H,22,23)(H,24,28)(H,25,26). The van der Waals surface area contributed by atoms with E-state index in [4.69, 9.17) is 0 Å². The van der Waals surface area contributed by atoms with Gasteiger partial charge in [0.25, 0.3) is 11.8 Å². The Balaban J connectivity index is 1.59. The van der Waals surface area contributed by atoms with Crippen molar-refractivity contribution in [1.82, 2.24) is 19.9 Å². The molecule has 146 valence electrons. The van der Waals surface area contributed by atoms with Crippen molar-refractivity contribution >= 4 is 34.5 Å². The molecule has 0 unspecified atom stereocenters. The Bertz CT molecular complexity index is 1190. The largest absolute Gasteiger partial charge is 0.340 e. The summed E-state index contributed by atoms with van der Waals surface area (Å²) in [5.41, 5.74) is 4.39. The summed E-state index contributed by atoms with van der Waals surface area (Å²) in [7, 11) is 1.59. The average Bonchev–Trinajstić information content (AvgIpc) is 3.35. The van der Waals surface area contributed by atoms with E-state index < -0.39 is 11.8 Å². The van der Waals surface area contributed by atoms with E-state index in [2.05, 4.69) is 25.3 Å². The van der Waals surface area contributed by atoms with E-state index in [1.165, 1.54) is 11.2 Å². The molecule has 2 heterocycles. The Morgan fingerprint density at radius 2 is 1.90 bits per heavy atom. The number of aromatic amines is 2. The first-order chi connectivity index (χ1) is 13.9. The molecule has 4 aromatic rings. The molecular weight excluding hydrogens is 368 g/mol. The first-order valence-electron chi connectivity index (χ1n) is 9.09. The van der Waals surface area contributed by atoms with E-state index in [0.717, 1.165) is 22.2 Å². The summed E-state index contributed by atoms with van der Waals surface area (Å²) in [6.07, 6.45) is 1.33. The number of fused-ring (bicyclic) bond motifs is 1. The minimum atomic E-state index is -0.459. The number of imidazole rings is 2. The number of para-hydroxylation sites is 2. The fourth-order valence-electron chi connectivity index (χ4n) is 3.13. The van der Waals surface area contributed by atoms with Crippen LogP contribution in [0.5, 0.6) is 0 Å². The number of aromatic nitrogens is 4. The van der Waals surface area contributed by atoms with E-state index in [1.807, 2.05) is 56.3 Å². The van der Waals surface area contributed by atoms with E-state index in [-0.39, 0.29) is 11.4 Å². The smallest absolute Gasteiger partial charge is 0.279 e. The fourth-order valence-corrected chi connectivity index (χ4v) is 3.13. The van der Waals surface area contributed by atoms with Crippen LogP contribution in [0.25, 0.3) is 11.0 Å². The van der Waals surface area contributed by atoms with Crippen LogP contribution in [-0.2, 0) is 0 Å². The molecule has 0 fully saturated rings. The molecule has 2 aromatic carbocycles. The van der Waals surface area contributed by atoms with E-state index in [1.54, 1.807) is 7.05 Å². The van der Waals surface area contributed by atoms with Crippen molar-refractivity contribution in [3.05, 3.63) is 71.3 Å². The maximum atomic E-state index is 13.0. The van der Waals surface area contributed by atoms with Gasteiger partial charge in [-0.3, -0.25) is 14.5 Å². The van der Waals surface area contributed by atoms with Crippen molar-refractivity contribution in [1.29, 1.82) is 0 Å². The van der Waals surface area contributed by atoms with Gasteiger partial charge in [0.15, 0.2) is 5.69 Å². The van der Waals surface area contributed by atoms with Crippen LogP contribution in [0.1, 0.15) is 32.1 Å². The summed E-state index contributed by atoms with van der Waals surface area (Å²) in [6.45, 7) is 3.89. The molecule has 29 heavy (non-hydrogen) atoms. The lowest BCUT2D eigenvalue weighted by molar-refractivity contribution is 0.0966. The Labute approximate surface area is 167 Å². The number of nitrogens with one attached hydrogen (secondary N) is 3. The zero-order chi connectivity index (χ0) is 20.5. The second-order valence-electron chi connectivity index (χ2n) is 6.84. The quantitative estimate of drug-likeness (QED) is 0.498. The third-order valence-electron chi connectivity index (χ3n) is 4.70. The van der Waals surface area contributed by atoms with E-state index >= 15 is 0 Å². The number of carbonyl (C=O) groups is 2. The third kappa shape index (κ3) is 3.47. The first-order valence-corrected chi connectivity index (χ1v) is 9.09. The number of benzene rings is 2. The molecule has 8 heteroatoms. The molecule has 0 radical (unpaired) electrons. The molecule has 0 spiro atoms. The third-order valence-corrected chi connectivity index (χ3v) is 4.70. The highest BCUT2D eigenvalue weighted by molar-refractivity contribution is 6.14. The van der Waals surface area contributed by atoms with Crippen LogP contribution < -0.4 is 10.2 Å². The summed E-state index contributed by atoms with van der Waals surface area (Å²) in [6, 6.07) is 13.2. The van der Waals surface area contributed by atoms with Crippen LogP contribution in [0.4, 0.5) is 11.6 Å². The van der Waals surface area contributed by atoms with Crippen LogP contribution in [0, 0.1) is 13.8 Å². The number of carbonyl (C=O) groups excluding carboxylic acids is 2. The number of amides is 2. The summed E-state index contributed by atoms with van der Waals surface area (Å²) in [5.74, 6) is -0.501. The van der Waals surface area contributed by atoms with Crippen molar-refractivity contribution in [2.24, 2.45) is 0 Å². The van der Waals surface area contributed by atoms with Gasteiger partial charge in [-0.1, -0.05) is 29.8 Å². The molecule has 2 aromatic heterocycles. The van der Waals surface area contributed by atoms with Crippen molar-refractivity contribution in [2.75, 3.05) is 17.3 Å². The van der Waals surface area contributed by atoms with Gasteiger partial charge in [0.05, 0.1) is 17.4 Å². The molecular formula is C21H20N6O2. The number of anilines is 2. The number of aryl methyl sites for hydroxylation is 2. The molecule has 4 rings (SSSR count). The van der Waals surface area contributed by atoms with Gasteiger partial charge in [0.1, 0.15) is 5.69 Å². The van der Waals surface area contributed by atoms with Gasteiger partial charge in [-0.25, -0.2) is 9.97 Å². The van der Waals surface area contributed by atoms with Gasteiger partial charge in [0.2, 0.25) is 5.95 Å². The van der Waals surface area contributed by atoms with Gasteiger partial charge < -0.3 is 15.3 Å². The maximum absolute atomic E-state index is 13.0. The van der Waals surface area contributed by atoms with Gasteiger partial charge >= 0.3 is 0 Å². The highest BCUT2D eigenvalue weighted by atomic mass is 16.2. The predicted molar refractivity (Wildman–Crippen MR) is 111 cm³/mol. The number of H-pyrrole nitrogens is 2. The Morgan fingerprint density at radius 1 is 1.10 bits per heavy atom. The predicted octanol–water partition coefficient (Wildman–Crippen LogP) is 3.43. The minimum absolute atomic E-state index is 0.0259. The Morgan fingerprint density at radius 3 is 2.66 bits per heavy atom. The maximum Gasteiger partial charge on any atom is 0.279 e. The van der Waals surface area contributed by atoms with Crippen molar-refractivity contribution in [3.8, 4) is 0 Å². The summed E-state index contributed by atoms with van der Waals surface area (Å²) in [5, 5.41) is 2.82. The van der Waals surface area contributed by atoms with Crippen LogP contribution >= 0.6 is 0 Å². The lowest BCUT2D eigenvalue weighted by Crippen LogP contribution is -2.30. The van der Waals surface area contributed by atoms with Crippen molar-refractivity contribution in [2.45, 2.75) is 13.8 Å². The van der Waals surface area contributed by atoms with Crippen LogP contribution in [-0.4, -0.2) is 38.8 Å². The fraction of sp³-hybridized carbons (Fsp3) is 0.143. The van der Waals surface area contributed by atoms with Gasteiger partial charge in [-0.15, -0.1) is 0 Å². The second kappa shape index (κ2) is 7.23. The molecule has 0 atom stereocenters. The molecule has 0 saturated carbocycles. The van der Waals surface area contributed by atoms with Crippen LogP contribution in [0.3, 0.4) is 0 Å². The minimum Gasteiger partial charge on any atom is -0.340 e. The monoisotopic (exact) mass is 388 g/mol. The zero-order valence-electron chi connectivity index (χ0n) is 16.3. The Kier molecular flexibility index (Phi) is 4.59. The van der Waals surface area contributed by atoms with Crippen molar-refractivity contribution < 1.29 is 9.59 Å². The summed E-state index contributed by atoms with van der Waals surface area (Å²) >= 11 is 0. The SMILES string of the molecule is Cc1ccc(NC(=O)c2nc[nH]c2C(=O)N(C)c2nc3ccccc3[nH]2)c(C)c1. The molecule has 0 saturated heterocycles. The molecule has 0 bridgehead atoms. The van der Waals surface area contributed by atoms with Crippen LogP contribution in [0.2, 0.25) is 0 Å². The lowest BCUT2D eigenvalue weighted by atomic mass is 10.1. The Hall–Kier alpha value is -3.94. The van der Waals surface area contributed by atoms with Crippen LogP contribution in [0.15, 0.2) is 48.8 Å². The molecule has 2 amide bonds.